The molecular weight excluding hydrogens is 206 g/mol. The Balaban J connectivity index is 0.000000980. The highest BCUT2D eigenvalue weighted by atomic mass is 35.5. The van der Waals surface area contributed by atoms with E-state index < -0.39 is 0 Å². The van der Waals surface area contributed by atoms with Gasteiger partial charge in [-0.25, -0.2) is 0 Å². The predicted molar refractivity (Wildman–Crippen MR) is 52.0 cm³/mol. The van der Waals surface area contributed by atoms with Gasteiger partial charge in [0.15, 0.2) is 0 Å². The highest BCUT2D eigenvalue weighted by molar-refractivity contribution is 5.85. The summed E-state index contributed by atoms with van der Waals surface area (Å²) in [6.07, 6.45) is 3.73. The maximum Gasteiger partial charge on any atom is 0.228 e. The Morgan fingerprint density at radius 2 is 2.29 bits per heavy atom. The van der Waals surface area contributed by atoms with E-state index in [0.29, 0.717) is 24.7 Å². The fourth-order valence-corrected chi connectivity index (χ4v) is 0.989. The average molecular weight is 216 g/mol. The molecule has 0 aliphatic rings. The minimum Gasteiger partial charge on any atom is -0.472 e. The van der Waals surface area contributed by atoms with E-state index in [1.807, 2.05) is 0 Å². The van der Waals surface area contributed by atoms with Crippen LogP contribution < -0.4 is 5.73 Å². The lowest BCUT2D eigenvalue weighted by Gasteiger charge is -1.84. The molecule has 2 N–H and O–H groups in total. The molecule has 0 saturated heterocycles. The molecule has 0 unspecified atom stereocenters. The van der Waals surface area contributed by atoms with Gasteiger partial charge in [-0.2, -0.15) is 4.98 Å². The van der Waals surface area contributed by atoms with Crippen LogP contribution in [0.4, 0.5) is 0 Å². The molecule has 14 heavy (non-hydrogen) atoms. The molecule has 2 aromatic heterocycles. The van der Waals surface area contributed by atoms with Crippen LogP contribution in [-0.4, -0.2) is 16.7 Å². The Hall–Kier alpha value is -1.33. The van der Waals surface area contributed by atoms with E-state index in [0.717, 1.165) is 5.56 Å². The summed E-state index contributed by atoms with van der Waals surface area (Å²) in [4.78, 5) is 4.12. The molecule has 2 aromatic rings. The molecule has 0 saturated carbocycles. The van der Waals surface area contributed by atoms with Crippen molar-refractivity contribution in [1.82, 2.24) is 10.1 Å². The molecule has 2 rings (SSSR count). The fourth-order valence-electron chi connectivity index (χ4n) is 0.989. The Bertz CT molecular complexity index is 372. The van der Waals surface area contributed by atoms with Gasteiger partial charge in [0.2, 0.25) is 11.7 Å². The molecule has 0 aliphatic carbocycles. The zero-order valence-electron chi connectivity index (χ0n) is 7.34. The van der Waals surface area contributed by atoms with Crippen molar-refractivity contribution in [3.05, 3.63) is 24.5 Å². The third-order valence-electron chi connectivity index (χ3n) is 1.61. The van der Waals surface area contributed by atoms with E-state index in [4.69, 9.17) is 14.7 Å². The predicted octanol–water partition coefficient (Wildman–Crippen LogP) is 1.25. The minimum atomic E-state index is 0. The van der Waals surface area contributed by atoms with Crippen molar-refractivity contribution in [2.24, 2.45) is 5.73 Å². The lowest BCUT2D eigenvalue weighted by atomic mass is 10.3. The van der Waals surface area contributed by atoms with E-state index in [2.05, 4.69) is 10.1 Å². The summed E-state index contributed by atoms with van der Waals surface area (Å²) in [5.41, 5.74) is 6.15. The summed E-state index contributed by atoms with van der Waals surface area (Å²) >= 11 is 0. The largest absolute Gasteiger partial charge is 0.472 e. The molecule has 76 valence electrons. The SMILES string of the molecule is Cl.NCCc1nc(-c2ccoc2)no1. The van der Waals surface area contributed by atoms with Crippen molar-refractivity contribution in [3.8, 4) is 11.4 Å². The van der Waals surface area contributed by atoms with Crippen molar-refractivity contribution in [1.29, 1.82) is 0 Å². The first-order valence-corrected chi connectivity index (χ1v) is 3.95. The number of nitrogens with two attached hydrogens (primary N) is 1. The van der Waals surface area contributed by atoms with Gasteiger partial charge in [0.05, 0.1) is 11.8 Å². The van der Waals surface area contributed by atoms with E-state index in [9.17, 15) is 0 Å². The second-order valence-electron chi connectivity index (χ2n) is 2.56. The van der Waals surface area contributed by atoms with Gasteiger partial charge < -0.3 is 14.7 Å². The molecule has 0 radical (unpaired) electrons. The van der Waals surface area contributed by atoms with Gasteiger partial charge in [-0.05, 0) is 6.07 Å². The Morgan fingerprint density at radius 3 is 2.93 bits per heavy atom. The van der Waals surface area contributed by atoms with Crippen LogP contribution in [0.1, 0.15) is 5.89 Å². The average Bonchev–Trinajstić information content (AvgIpc) is 2.70. The third-order valence-corrected chi connectivity index (χ3v) is 1.61. The van der Waals surface area contributed by atoms with Gasteiger partial charge in [-0.1, -0.05) is 5.16 Å². The molecule has 0 aromatic carbocycles. The summed E-state index contributed by atoms with van der Waals surface area (Å²) in [6, 6.07) is 1.77. The van der Waals surface area contributed by atoms with Crippen LogP contribution in [0.15, 0.2) is 27.5 Å². The van der Waals surface area contributed by atoms with Crippen molar-refractivity contribution < 1.29 is 8.94 Å². The first kappa shape index (κ1) is 10.7. The van der Waals surface area contributed by atoms with Crippen LogP contribution in [0.3, 0.4) is 0 Å². The zero-order valence-corrected chi connectivity index (χ0v) is 8.16. The molecule has 0 bridgehead atoms. The topological polar surface area (TPSA) is 78.1 Å². The second kappa shape index (κ2) is 4.78. The second-order valence-corrected chi connectivity index (χ2v) is 2.56. The number of furan rings is 1. The fraction of sp³-hybridized carbons (Fsp3) is 0.250. The van der Waals surface area contributed by atoms with Crippen molar-refractivity contribution in [3.63, 3.8) is 0 Å². The number of aromatic nitrogens is 2. The van der Waals surface area contributed by atoms with Crippen molar-refractivity contribution in [2.75, 3.05) is 6.54 Å². The van der Waals surface area contributed by atoms with Gasteiger partial charge >= 0.3 is 0 Å². The van der Waals surface area contributed by atoms with Crippen LogP contribution in [0.5, 0.6) is 0 Å². The van der Waals surface area contributed by atoms with E-state index in [1.165, 1.54) is 0 Å². The monoisotopic (exact) mass is 215 g/mol. The number of hydrogen-bond donors (Lipinski definition) is 1. The maximum absolute atomic E-state index is 5.34. The quantitative estimate of drug-likeness (QED) is 0.834. The van der Waals surface area contributed by atoms with E-state index in [-0.39, 0.29) is 12.4 Å². The van der Waals surface area contributed by atoms with Gasteiger partial charge in [-0.15, -0.1) is 12.4 Å². The number of halogens is 1. The molecule has 6 heteroatoms. The minimum absolute atomic E-state index is 0. The summed E-state index contributed by atoms with van der Waals surface area (Å²) in [5, 5.41) is 3.78. The van der Waals surface area contributed by atoms with Crippen LogP contribution in [0.2, 0.25) is 0 Å². The van der Waals surface area contributed by atoms with Gasteiger partial charge in [0, 0.05) is 13.0 Å². The van der Waals surface area contributed by atoms with E-state index >= 15 is 0 Å². The van der Waals surface area contributed by atoms with Gasteiger partial charge in [-0.3, -0.25) is 0 Å². The molecule has 0 atom stereocenters. The van der Waals surface area contributed by atoms with Crippen LogP contribution in [-0.2, 0) is 6.42 Å². The molecule has 0 spiro atoms. The zero-order chi connectivity index (χ0) is 9.10. The lowest BCUT2D eigenvalue weighted by molar-refractivity contribution is 0.380. The van der Waals surface area contributed by atoms with Gasteiger partial charge in [0.25, 0.3) is 0 Å². The highest BCUT2D eigenvalue weighted by Gasteiger charge is 2.07. The Kier molecular flexibility index (Phi) is 3.67. The Labute approximate surface area is 86.7 Å². The molecule has 5 nitrogen and oxygen atoms in total. The molecule has 0 aliphatic heterocycles. The van der Waals surface area contributed by atoms with Crippen LogP contribution in [0, 0.1) is 0 Å². The molecule has 0 fully saturated rings. The normalized spacial score (nSPS) is 9.79. The third kappa shape index (κ3) is 2.12. The smallest absolute Gasteiger partial charge is 0.228 e. The van der Waals surface area contributed by atoms with Crippen LogP contribution in [0.25, 0.3) is 11.4 Å². The lowest BCUT2D eigenvalue weighted by Crippen LogP contribution is -2.02. The number of hydrogen-bond acceptors (Lipinski definition) is 5. The summed E-state index contributed by atoms with van der Waals surface area (Å²) in [6.45, 7) is 0.507. The van der Waals surface area contributed by atoms with Crippen molar-refractivity contribution >= 4 is 12.4 Å². The number of nitrogens with zero attached hydrogens (tertiary/aromatic N) is 2. The first-order chi connectivity index (χ1) is 6.40. The van der Waals surface area contributed by atoms with Gasteiger partial charge in [0.1, 0.15) is 6.26 Å². The molecular formula is C8H10ClN3O2. The summed E-state index contributed by atoms with van der Waals surface area (Å²) in [5.74, 6) is 1.09. The van der Waals surface area contributed by atoms with Crippen LogP contribution >= 0.6 is 12.4 Å². The molecule has 2 heterocycles. The van der Waals surface area contributed by atoms with E-state index in [1.54, 1.807) is 18.6 Å². The summed E-state index contributed by atoms with van der Waals surface area (Å²) in [7, 11) is 0. The van der Waals surface area contributed by atoms with Crippen molar-refractivity contribution in [2.45, 2.75) is 6.42 Å². The maximum atomic E-state index is 5.34. The highest BCUT2D eigenvalue weighted by Crippen LogP contribution is 2.15. The summed E-state index contributed by atoms with van der Waals surface area (Å²) < 4.78 is 9.84. The first-order valence-electron chi connectivity index (χ1n) is 3.95. The Morgan fingerprint density at radius 1 is 1.43 bits per heavy atom. The standard InChI is InChI=1S/C8H9N3O2.ClH/c9-3-1-7-10-8(11-13-7)6-2-4-12-5-6;/h2,4-5H,1,3,9H2;1H. The molecule has 0 amide bonds. The number of rotatable bonds is 3.